The monoisotopic (exact) mass is 286 g/mol. The van der Waals surface area contributed by atoms with E-state index < -0.39 is 33.6 Å². The Bertz CT molecular complexity index is 414. The van der Waals surface area contributed by atoms with Crippen LogP contribution in [0.15, 0.2) is 16.6 Å². The van der Waals surface area contributed by atoms with Crippen molar-refractivity contribution in [3.8, 4) is 0 Å². The molecule has 0 fully saturated rings. The van der Waals surface area contributed by atoms with Gasteiger partial charge in [-0.15, -0.1) is 0 Å². The average molecular weight is 287 g/mol. The predicted octanol–water partition coefficient (Wildman–Crippen LogP) is 3.31. The van der Waals surface area contributed by atoms with Crippen molar-refractivity contribution in [1.82, 2.24) is 0 Å². The summed E-state index contributed by atoms with van der Waals surface area (Å²) in [6.45, 7) is 0. The van der Waals surface area contributed by atoms with Crippen molar-refractivity contribution in [2.45, 2.75) is 6.18 Å². The lowest BCUT2D eigenvalue weighted by molar-refractivity contribution is -0.138. The SMILES string of the molecule is O=C(O)c1cc(F)cc(Br)c1C(F)(F)F. The van der Waals surface area contributed by atoms with Crippen LogP contribution in [-0.4, -0.2) is 11.1 Å². The van der Waals surface area contributed by atoms with Gasteiger partial charge in [-0.1, -0.05) is 15.9 Å². The molecule has 0 aliphatic carbocycles. The Morgan fingerprint density at radius 1 is 1.33 bits per heavy atom. The molecule has 0 saturated heterocycles. The summed E-state index contributed by atoms with van der Waals surface area (Å²) in [5, 5.41) is 8.49. The van der Waals surface area contributed by atoms with Crippen molar-refractivity contribution in [2.75, 3.05) is 0 Å². The smallest absolute Gasteiger partial charge is 0.418 e. The van der Waals surface area contributed by atoms with Crippen LogP contribution in [0.3, 0.4) is 0 Å². The fourth-order valence-electron chi connectivity index (χ4n) is 1.03. The van der Waals surface area contributed by atoms with Gasteiger partial charge < -0.3 is 5.11 Å². The zero-order valence-electron chi connectivity index (χ0n) is 6.90. The molecule has 1 aromatic rings. The third kappa shape index (κ3) is 2.47. The normalized spacial score (nSPS) is 11.5. The maximum absolute atomic E-state index is 12.7. The van der Waals surface area contributed by atoms with Gasteiger partial charge in [-0.25, -0.2) is 9.18 Å². The van der Waals surface area contributed by atoms with Crippen LogP contribution in [-0.2, 0) is 6.18 Å². The summed E-state index contributed by atoms with van der Waals surface area (Å²) in [5.74, 6) is -2.88. The van der Waals surface area contributed by atoms with Gasteiger partial charge in [0.25, 0.3) is 0 Å². The number of halogens is 5. The first-order chi connectivity index (χ1) is 6.73. The quantitative estimate of drug-likeness (QED) is 0.805. The number of hydrogen-bond acceptors (Lipinski definition) is 1. The summed E-state index contributed by atoms with van der Waals surface area (Å²) in [5.41, 5.74) is -2.51. The molecule has 0 aliphatic rings. The number of hydrogen-bond donors (Lipinski definition) is 1. The molecule has 1 N–H and O–H groups in total. The zero-order valence-corrected chi connectivity index (χ0v) is 8.49. The number of benzene rings is 1. The summed E-state index contributed by atoms with van der Waals surface area (Å²) in [6, 6.07) is 0.894. The molecule has 0 unspecified atom stereocenters. The number of alkyl halides is 3. The van der Waals surface area contributed by atoms with E-state index in [1.54, 1.807) is 0 Å². The van der Waals surface area contributed by atoms with E-state index >= 15 is 0 Å². The minimum atomic E-state index is -4.85. The topological polar surface area (TPSA) is 37.3 Å². The van der Waals surface area contributed by atoms with Crippen LogP contribution in [0.5, 0.6) is 0 Å². The predicted molar refractivity (Wildman–Crippen MR) is 46.1 cm³/mol. The van der Waals surface area contributed by atoms with Gasteiger partial charge in [0.1, 0.15) is 5.82 Å². The van der Waals surface area contributed by atoms with Crippen LogP contribution in [0.1, 0.15) is 15.9 Å². The van der Waals surface area contributed by atoms with Crippen LogP contribution >= 0.6 is 15.9 Å². The Balaban J connectivity index is 3.55. The highest BCUT2D eigenvalue weighted by atomic mass is 79.9. The Hall–Kier alpha value is -1.11. The third-order valence-electron chi connectivity index (χ3n) is 1.57. The minimum absolute atomic E-state index is 0.329. The lowest BCUT2D eigenvalue weighted by Gasteiger charge is -2.12. The number of rotatable bonds is 1. The molecule has 0 saturated carbocycles. The first kappa shape index (κ1) is 12.0. The molecule has 0 spiro atoms. The van der Waals surface area contributed by atoms with Crippen LogP contribution in [0.2, 0.25) is 0 Å². The summed E-state index contributed by atoms with van der Waals surface area (Å²) in [4.78, 5) is 10.5. The van der Waals surface area contributed by atoms with Crippen molar-refractivity contribution in [3.63, 3.8) is 0 Å². The Morgan fingerprint density at radius 3 is 2.27 bits per heavy atom. The summed E-state index contributed by atoms with van der Waals surface area (Å²) >= 11 is 2.48. The summed E-state index contributed by atoms with van der Waals surface area (Å²) in [7, 11) is 0. The van der Waals surface area contributed by atoms with Gasteiger partial charge in [0.15, 0.2) is 0 Å². The fourth-order valence-corrected chi connectivity index (χ4v) is 1.69. The van der Waals surface area contributed by atoms with Gasteiger partial charge in [0.05, 0.1) is 11.1 Å². The molecule has 7 heteroatoms. The van der Waals surface area contributed by atoms with E-state index in [4.69, 9.17) is 5.11 Å². The number of carbonyl (C=O) groups is 1. The number of aromatic carboxylic acids is 1. The molecule has 15 heavy (non-hydrogen) atoms. The van der Waals surface area contributed by atoms with Crippen LogP contribution in [0.25, 0.3) is 0 Å². The lowest BCUT2D eigenvalue weighted by atomic mass is 10.1. The molecule has 1 aromatic carbocycles. The van der Waals surface area contributed by atoms with Crippen LogP contribution in [0, 0.1) is 5.82 Å². The Morgan fingerprint density at radius 2 is 1.87 bits per heavy atom. The van der Waals surface area contributed by atoms with E-state index in [0.29, 0.717) is 12.1 Å². The average Bonchev–Trinajstić information content (AvgIpc) is 1.99. The van der Waals surface area contributed by atoms with Crippen molar-refractivity contribution < 1.29 is 27.5 Å². The molecule has 0 aliphatic heterocycles. The highest BCUT2D eigenvalue weighted by molar-refractivity contribution is 9.10. The van der Waals surface area contributed by atoms with Gasteiger partial charge in [0.2, 0.25) is 0 Å². The Labute approximate surface area is 89.6 Å². The van der Waals surface area contributed by atoms with Crippen molar-refractivity contribution >= 4 is 21.9 Å². The van der Waals surface area contributed by atoms with Gasteiger partial charge in [-0.2, -0.15) is 13.2 Å². The van der Waals surface area contributed by atoms with E-state index in [0.717, 1.165) is 0 Å². The Kier molecular flexibility index (Phi) is 3.03. The molecule has 0 bridgehead atoms. The standard InChI is InChI=1S/C8H3BrF4O2/c9-5-2-3(10)1-4(7(14)15)6(5)8(11,12)13/h1-2H,(H,14,15). The molecular weight excluding hydrogens is 284 g/mol. The maximum Gasteiger partial charge on any atom is 0.418 e. The molecule has 1 rings (SSSR count). The van der Waals surface area contributed by atoms with E-state index in [1.807, 2.05) is 0 Å². The van der Waals surface area contributed by atoms with Crippen LogP contribution in [0.4, 0.5) is 17.6 Å². The van der Waals surface area contributed by atoms with E-state index in [2.05, 4.69) is 15.9 Å². The molecule has 0 atom stereocenters. The highest BCUT2D eigenvalue weighted by Gasteiger charge is 2.38. The first-order valence-corrected chi connectivity index (χ1v) is 4.32. The second-order valence-corrected chi connectivity index (χ2v) is 3.47. The maximum atomic E-state index is 12.7. The lowest BCUT2D eigenvalue weighted by Crippen LogP contribution is -2.14. The third-order valence-corrected chi connectivity index (χ3v) is 2.19. The minimum Gasteiger partial charge on any atom is -0.478 e. The number of carboxylic acids is 1. The molecular formula is C8H3BrF4O2. The van der Waals surface area contributed by atoms with E-state index in [1.165, 1.54) is 0 Å². The van der Waals surface area contributed by atoms with Crippen molar-refractivity contribution in [3.05, 3.63) is 33.5 Å². The van der Waals surface area contributed by atoms with Crippen molar-refractivity contribution in [2.24, 2.45) is 0 Å². The van der Waals surface area contributed by atoms with Gasteiger partial charge in [-0.05, 0) is 12.1 Å². The second kappa shape index (κ2) is 3.80. The summed E-state index contributed by atoms with van der Waals surface area (Å²) < 4.78 is 49.2. The summed E-state index contributed by atoms with van der Waals surface area (Å²) in [6.07, 6.45) is -4.85. The van der Waals surface area contributed by atoms with Crippen molar-refractivity contribution in [1.29, 1.82) is 0 Å². The molecule has 82 valence electrons. The van der Waals surface area contributed by atoms with Gasteiger partial charge >= 0.3 is 12.1 Å². The second-order valence-electron chi connectivity index (χ2n) is 2.61. The highest BCUT2D eigenvalue weighted by Crippen LogP contribution is 2.37. The van der Waals surface area contributed by atoms with Gasteiger partial charge in [-0.3, -0.25) is 0 Å². The van der Waals surface area contributed by atoms with Crippen LogP contribution < -0.4 is 0 Å². The molecule has 0 heterocycles. The van der Waals surface area contributed by atoms with E-state index in [-0.39, 0.29) is 0 Å². The fraction of sp³-hybridized carbons (Fsp3) is 0.125. The molecule has 0 aromatic heterocycles. The number of carboxylic acid groups (broad SMARTS) is 1. The first-order valence-electron chi connectivity index (χ1n) is 3.53. The molecule has 0 amide bonds. The molecule has 0 radical (unpaired) electrons. The zero-order chi connectivity index (χ0) is 11.8. The van der Waals surface area contributed by atoms with E-state index in [9.17, 15) is 22.4 Å². The molecule has 2 nitrogen and oxygen atoms in total. The van der Waals surface area contributed by atoms with Gasteiger partial charge in [0, 0.05) is 4.47 Å². The largest absolute Gasteiger partial charge is 0.478 e.